The zero-order valence-corrected chi connectivity index (χ0v) is 18.6. The van der Waals surface area contributed by atoms with Crippen LogP contribution < -0.4 is 4.31 Å². The van der Waals surface area contributed by atoms with Gasteiger partial charge in [0.2, 0.25) is 0 Å². The van der Waals surface area contributed by atoms with E-state index in [1.807, 2.05) is 30.3 Å². The molecular formula is C23H29N3O4S. The second-order valence-corrected chi connectivity index (χ2v) is 9.91. The summed E-state index contributed by atoms with van der Waals surface area (Å²) in [6, 6.07) is 16.7. The predicted octanol–water partition coefficient (Wildman–Crippen LogP) is 2.89. The number of ether oxygens (including phenoxy) is 1. The van der Waals surface area contributed by atoms with Crippen LogP contribution in [-0.2, 0) is 21.5 Å². The van der Waals surface area contributed by atoms with Crippen LogP contribution in [0.25, 0.3) is 0 Å². The highest BCUT2D eigenvalue weighted by Crippen LogP contribution is 2.28. The molecule has 2 aliphatic rings. The van der Waals surface area contributed by atoms with E-state index >= 15 is 0 Å². The SMILES string of the molecule is COC(=O)c1ccc(CN(c2ccccc2)S(=O)(=O)N2CCN(C3CCC3)CC2)cc1. The highest BCUT2D eigenvalue weighted by molar-refractivity contribution is 7.90. The number of carbonyl (C=O) groups excluding carboxylic acids is 1. The van der Waals surface area contributed by atoms with Crippen LogP contribution in [-0.4, -0.2) is 62.9 Å². The van der Waals surface area contributed by atoms with E-state index in [0.29, 0.717) is 30.4 Å². The van der Waals surface area contributed by atoms with Crippen molar-refractivity contribution in [1.82, 2.24) is 9.21 Å². The lowest BCUT2D eigenvalue weighted by molar-refractivity contribution is 0.0600. The summed E-state index contributed by atoms with van der Waals surface area (Å²) in [4.78, 5) is 14.1. The van der Waals surface area contributed by atoms with Gasteiger partial charge in [0, 0.05) is 32.2 Å². The number of anilines is 1. The van der Waals surface area contributed by atoms with Crippen LogP contribution in [0.1, 0.15) is 35.2 Å². The molecule has 0 amide bonds. The number of nitrogens with zero attached hydrogens (tertiary/aromatic N) is 3. The highest BCUT2D eigenvalue weighted by Gasteiger charge is 2.35. The summed E-state index contributed by atoms with van der Waals surface area (Å²) in [6.07, 6.45) is 3.73. The Labute approximate surface area is 184 Å². The van der Waals surface area contributed by atoms with Crippen molar-refractivity contribution in [2.75, 3.05) is 37.6 Å². The molecule has 2 fully saturated rings. The molecule has 0 aromatic heterocycles. The molecule has 0 radical (unpaired) electrons. The number of hydrogen-bond acceptors (Lipinski definition) is 5. The summed E-state index contributed by atoms with van der Waals surface area (Å²) in [5.74, 6) is -0.413. The van der Waals surface area contributed by atoms with Crippen LogP contribution in [0.2, 0.25) is 0 Å². The zero-order valence-electron chi connectivity index (χ0n) is 17.8. The number of benzene rings is 2. The van der Waals surface area contributed by atoms with Crippen molar-refractivity contribution < 1.29 is 17.9 Å². The van der Waals surface area contributed by atoms with Gasteiger partial charge in [0.15, 0.2) is 0 Å². The number of rotatable bonds is 7. The van der Waals surface area contributed by atoms with Gasteiger partial charge in [-0.2, -0.15) is 12.7 Å². The summed E-state index contributed by atoms with van der Waals surface area (Å²) < 4.78 is 35.1. The fourth-order valence-corrected chi connectivity index (χ4v) is 5.72. The number of para-hydroxylation sites is 1. The number of methoxy groups -OCH3 is 1. The number of piperazine rings is 1. The van der Waals surface area contributed by atoms with E-state index in [2.05, 4.69) is 4.90 Å². The van der Waals surface area contributed by atoms with Gasteiger partial charge in [-0.3, -0.25) is 9.21 Å². The van der Waals surface area contributed by atoms with Crippen molar-refractivity contribution in [2.24, 2.45) is 0 Å². The monoisotopic (exact) mass is 443 g/mol. The minimum atomic E-state index is -3.70. The zero-order chi connectivity index (χ0) is 21.8. The van der Waals surface area contributed by atoms with Crippen LogP contribution in [0.5, 0.6) is 0 Å². The first kappa shape index (κ1) is 21.8. The molecule has 7 nitrogen and oxygen atoms in total. The Balaban J connectivity index is 1.54. The number of esters is 1. The maximum absolute atomic E-state index is 13.6. The van der Waals surface area contributed by atoms with Crippen LogP contribution in [0.15, 0.2) is 54.6 Å². The molecule has 0 spiro atoms. The van der Waals surface area contributed by atoms with E-state index in [1.165, 1.54) is 30.7 Å². The van der Waals surface area contributed by atoms with Crippen molar-refractivity contribution in [3.8, 4) is 0 Å². The van der Waals surface area contributed by atoms with Crippen molar-refractivity contribution in [3.63, 3.8) is 0 Å². The van der Waals surface area contributed by atoms with Crippen LogP contribution in [0.3, 0.4) is 0 Å². The molecule has 31 heavy (non-hydrogen) atoms. The van der Waals surface area contributed by atoms with Gasteiger partial charge in [0.1, 0.15) is 0 Å². The number of carbonyl (C=O) groups is 1. The molecule has 0 atom stereocenters. The lowest BCUT2D eigenvalue weighted by Crippen LogP contribution is -2.56. The molecule has 0 N–H and O–H groups in total. The summed E-state index contributed by atoms with van der Waals surface area (Å²) in [7, 11) is -2.36. The normalized spacial score (nSPS) is 18.4. The third kappa shape index (κ3) is 4.76. The fraction of sp³-hybridized carbons (Fsp3) is 0.435. The largest absolute Gasteiger partial charge is 0.465 e. The highest BCUT2D eigenvalue weighted by atomic mass is 32.2. The Morgan fingerprint density at radius 3 is 2.19 bits per heavy atom. The summed E-state index contributed by atoms with van der Waals surface area (Å²) in [5.41, 5.74) is 1.86. The maximum Gasteiger partial charge on any atom is 0.337 e. The Bertz CT molecular complexity index is 983. The van der Waals surface area contributed by atoms with Gasteiger partial charge >= 0.3 is 16.2 Å². The third-order valence-electron chi connectivity index (χ3n) is 6.21. The predicted molar refractivity (Wildman–Crippen MR) is 120 cm³/mol. The first-order valence-electron chi connectivity index (χ1n) is 10.7. The third-order valence-corrected chi connectivity index (χ3v) is 8.13. The van der Waals surface area contributed by atoms with E-state index in [1.54, 1.807) is 28.6 Å². The average Bonchev–Trinajstić information content (AvgIpc) is 2.77. The quantitative estimate of drug-likeness (QED) is 0.616. The van der Waals surface area contributed by atoms with Crippen LogP contribution >= 0.6 is 0 Å². The fourth-order valence-electron chi connectivity index (χ4n) is 4.12. The Morgan fingerprint density at radius 1 is 1.00 bits per heavy atom. The Kier molecular flexibility index (Phi) is 6.60. The van der Waals surface area contributed by atoms with Gasteiger partial charge in [-0.1, -0.05) is 36.8 Å². The number of hydrogen-bond donors (Lipinski definition) is 0. The van der Waals surface area contributed by atoms with Gasteiger partial charge < -0.3 is 4.74 Å². The smallest absolute Gasteiger partial charge is 0.337 e. The molecular weight excluding hydrogens is 414 g/mol. The lowest BCUT2D eigenvalue weighted by Gasteiger charge is -2.43. The molecule has 2 aromatic rings. The standard InChI is InChI=1S/C23H29N3O4S/c1-30-23(27)20-12-10-19(11-13-20)18-26(22-6-3-2-4-7-22)31(28,29)25-16-14-24(15-17-25)21-8-5-9-21/h2-4,6-7,10-13,21H,5,8-9,14-18H2,1H3. The van der Waals surface area contributed by atoms with E-state index < -0.39 is 16.2 Å². The summed E-state index contributed by atoms with van der Waals surface area (Å²) in [6.45, 7) is 2.75. The molecule has 4 rings (SSSR count). The van der Waals surface area contributed by atoms with Crippen molar-refractivity contribution in [2.45, 2.75) is 31.8 Å². The summed E-state index contributed by atoms with van der Waals surface area (Å²) >= 11 is 0. The van der Waals surface area contributed by atoms with E-state index in [4.69, 9.17) is 4.74 Å². The average molecular weight is 444 g/mol. The molecule has 2 aromatic carbocycles. The van der Waals surface area contributed by atoms with Crippen LogP contribution in [0, 0.1) is 0 Å². The van der Waals surface area contributed by atoms with E-state index in [9.17, 15) is 13.2 Å². The molecule has 8 heteroatoms. The van der Waals surface area contributed by atoms with Gasteiger partial charge in [0.05, 0.1) is 24.9 Å². The van der Waals surface area contributed by atoms with Gasteiger partial charge in [-0.25, -0.2) is 4.79 Å². The topological polar surface area (TPSA) is 70.2 Å². The summed E-state index contributed by atoms with van der Waals surface area (Å²) in [5, 5.41) is 0. The molecule has 166 valence electrons. The molecule has 1 aliphatic carbocycles. The van der Waals surface area contributed by atoms with Gasteiger partial charge in [-0.15, -0.1) is 0 Å². The maximum atomic E-state index is 13.6. The van der Waals surface area contributed by atoms with E-state index in [0.717, 1.165) is 18.7 Å². The van der Waals surface area contributed by atoms with Gasteiger partial charge in [0.25, 0.3) is 0 Å². The molecule has 1 saturated heterocycles. The molecule has 0 bridgehead atoms. The lowest BCUT2D eigenvalue weighted by atomic mass is 9.91. The molecule has 1 saturated carbocycles. The Hall–Kier alpha value is -2.42. The minimum Gasteiger partial charge on any atom is -0.465 e. The first-order valence-corrected chi connectivity index (χ1v) is 12.1. The second kappa shape index (κ2) is 9.38. The van der Waals surface area contributed by atoms with Crippen molar-refractivity contribution in [1.29, 1.82) is 0 Å². The van der Waals surface area contributed by atoms with Crippen LogP contribution in [0.4, 0.5) is 5.69 Å². The molecule has 0 unspecified atom stereocenters. The Morgan fingerprint density at radius 2 is 1.65 bits per heavy atom. The first-order chi connectivity index (χ1) is 15.0. The molecule has 1 heterocycles. The second-order valence-electron chi connectivity index (χ2n) is 8.06. The van der Waals surface area contributed by atoms with E-state index in [-0.39, 0.29) is 6.54 Å². The molecule has 1 aliphatic heterocycles. The van der Waals surface area contributed by atoms with Crippen molar-refractivity contribution >= 4 is 21.9 Å². The van der Waals surface area contributed by atoms with Gasteiger partial charge in [-0.05, 0) is 42.7 Å². The minimum absolute atomic E-state index is 0.191. The van der Waals surface area contributed by atoms with Crippen molar-refractivity contribution in [3.05, 3.63) is 65.7 Å².